The van der Waals surface area contributed by atoms with Crippen LogP contribution in [0.25, 0.3) is 0 Å². The van der Waals surface area contributed by atoms with Crippen molar-refractivity contribution in [3.05, 3.63) is 36.5 Å². The minimum atomic E-state index is -0.843. The van der Waals surface area contributed by atoms with Crippen molar-refractivity contribution in [3.8, 4) is 0 Å². The van der Waals surface area contributed by atoms with Gasteiger partial charge in [-0.2, -0.15) is 0 Å². The molecule has 6 heteroatoms. The summed E-state index contributed by atoms with van der Waals surface area (Å²) in [5.41, 5.74) is 0. The molecule has 0 aromatic rings. The number of carbonyl (C=O) groups is 2. The molecule has 0 saturated carbocycles. The third kappa shape index (κ3) is 75.1. The van der Waals surface area contributed by atoms with E-state index in [1.807, 2.05) is 6.08 Å². The van der Waals surface area contributed by atoms with Crippen molar-refractivity contribution >= 4 is 11.9 Å². The maximum atomic E-state index is 12.6. The van der Waals surface area contributed by atoms with Gasteiger partial charge in [0.1, 0.15) is 0 Å². The molecule has 0 saturated heterocycles. The normalized spacial score (nSPS) is 12.6. The van der Waals surface area contributed by atoms with Crippen molar-refractivity contribution in [2.24, 2.45) is 0 Å². The number of esters is 1. The molecule has 0 aliphatic rings. The van der Waals surface area contributed by atoms with Crippen LogP contribution in [0.2, 0.25) is 0 Å². The van der Waals surface area contributed by atoms with Gasteiger partial charge in [0.15, 0.2) is 0 Å². The fourth-order valence-electron chi connectivity index (χ4n) is 13.1. The molecule has 2 unspecified atom stereocenters. The topological polar surface area (TPSA) is 95.9 Å². The molecule has 532 valence electrons. The van der Waals surface area contributed by atoms with Gasteiger partial charge in [-0.1, -0.05) is 410 Å². The number of allylic oxidation sites excluding steroid dienone is 5. The molecule has 0 spiro atoms. The first kappa shape index (κ1) is 88.1. The van der Waals surface area contributed by atoms with Crippen LogP contribution in [0.3, 0.4) is 0 Å². The Morgan fingerprint density at radius 3 is 0.822 bits per heavy atom. The Bertz CT molecular complexity index is 1460. The van der Waals surface area contributed by atoms with Crippen molar-refractivity contribution in [3.63, 3.8) is 0 Å². The van der Waals surface area contributed by atoms with Crippen LogP contribution < -0.4 is 5.32 Å². The van der Waals surface area contributed by atoms with E-state index in [0.29, 0.717) is 19.4 Å². The summed E-state index contributed by atoms with van der Waals surface area (Å²) in [4.78, 5) is 24.6. The fraction of sp³-hybridized carbons (Fsp3) is 0.905. The van der Waals surface area contributed by atoms with E-state index in [1.165, 1.54) is 392 Å². The van der Waals surface area contributed by atoms with E-state index in [-0.39, 0.29) is 18.5 Å². The van der Waals surface area contributed by atoms with Crippen LogP contribution in [0, 0.1) is 0 Å². The summed E-state index contributed by atoms with van der Waals surface area (Å²) in [6.07, 6.45) is 104. The Labute approximate surface area is 564 Å². The van der Waals surface area contributed by atoms with Gasteiger partial charge in [-0.25, -0.2) is 0 Å². The van der Waals surface area contributed by atoms with Crippen molar-refractivity contribution in [1.29, 1.82) is 0 Å². The first-order valence-corrected chi connectivity index (χ1v) is 41.3. The zero-order chi connectivity index (χ0) is 64.9. The summed E-state index contributed by atoms with van der Waals surface area (Å²) in [6, 6.07) is -0.626. The predicted octanol–water partition coefficient (Wildman–Crippen LogP) is 27.4. The van der Waals surface area contributed by atoms with Gasteiger partial charge in [-0.05, 0) is 77.0 Å². The lowest BCUT2D eigenvalue weighted by atomic mass is 10.0. The standard InChI is InChI=1S/C84H161NO5/c1-3-5-7-9-11-13-15-16-17-18-19-20-38-41-44-47-50-53-57-60-64-68-72-76-82(87)81(80-86)85-83(88)77-73-69-65-61-58-54-51-48-45-42-39-36-34-32-30-28-26-24-22-21-23-25-27-29-31-33-35-37-40-43-46-49-52-55-59-63-67-71-75-79-90-84(89)78-74-70-66-62-56-14-12-10-8-6-4-2/h10,12,21-22,72,76,81-82,86-87H,3-9,11,13-20,23-71,73-75,77-80H2,1-2H3,(H,85,88)/b12-10-,22-21-,76-72+. The summed E-state index contributed by atoms with van der Waals surface area (Å²) in [7, 11) is 0. The highest BCUT2D eigenvalue weighted by Crippen LogP contribution is 2.20. The lowest BCUT2D eigenvalue weighted by Crippen LogP contribution is -2.45. The van der Waals surface area contributed by atoms with Gasteiger partial charge in [0, 0.05) is 12.8 Å². The highest BCUT2D eigenvalue weighted by atomic mass is 16.5. The second-order valence-electron chi connectivity index (χ2n) is 28.4. The van der Waals surface area contributed by atoms with Gasteiger partial charge >= 0.3 is 5.97 Å². The number of aliphatic hydroxyl groups excluding tert-OH is 2. The average molecular weight is 1270 g/mol. The van der Waals surface area contributed by atoms with Gasteiger partial charge in [-0.15, -0.1) is 0 Å². The molecule has 0 aromatic heterocycles. The second-order valence-corrected chi connectivity index (χ2v) is 28.4. The highest BCUT2D eigenvalue weighted by molar-refractivity contribution is 5.76. The van der Waals surface area contributed by atoms with Crippen molar-refractivity contribution in [2.45, 2.75) is 475 Å². The Balaban J connectivity index is 3.35. The molecule has 0 fully saturated rings. The zero-order valence-electron chi connectivity index (χ0n) is 61.1. The van der Waals surface area contributed by atoms with Crippen LogP contribution in [-0.4, -0.2) is 47.4 Å². The molecule has 0 aliphatic carbocycles. The number of amides is 1. The van der Waals surface area contributed by atoms with Gasteiger partial charge in [0.2, 0.25) is 5.91 Å². The quantitative estimate of drug-likeness (QED) is 0.0320. The number of unbranched alkanes of at least 4 members (excludes halogenated alkanes) is 63. The number of hydrogen-bond donors (Lipinski definition) is 3. The maximum absolute atomic E-state index is 12.6. The summed E-state index contributed by atoms with van der Waals surface area (Å²) in [6.45, 7) is 4.92. The molecule has 6 nitrogen and oxygen atoms in total. The van der Waals surface area contributed by atoms with Crippen LogP contribution >= 0.6 is 0 Å². The number of nitrogens with one attached hydrogen (secondary N) is 1. The number of ether oxygens (including phenoxy) is 1. The molecule has 3 N–H and O–H groups in total. The summed E-state index contributed by atoms with van der Waals surface area (Å²) < 4.78 is 5.47. The largest absolute Gasteiger partial charge is 0.466 e. The predicted molar refractivity (Wildman–Crippen MR) is 398 cm³/mol. The Morgan fingerprint density at radius 1 is 0.300 bits per heavy atom. The first-order chi connectivity index (χ1) is 44.5. The first-order valence-electron chi connectivity index (χ1n) is 41.3. The molecular weight excluding hydrogens is 1100 g/mol. The summed E-state index contributed by atoms with van der Waals surface area (Å²) in [5, 5.41) is 23.3. The number of hydrogen-bond acceptors (Lipinski definition) is 5. The van der Waals surface area contributed by atoms with Crippen LogP contribution in [0.15, 0.2) is 36.5 Å². The van der Waals surface area contributed by atoms with E-state index >= 15 is 0 Å². The van der Waals surface area contributed by atoms with E-state index in [4.69, 9.17) is 4.74 Å². The van der Waals surface area contributed by atoms with E-state index in [0.717, 1.165) is 44.9 Å². The lowest BCUT2D eigenvalue weighted by molar-refractivity contribution is -0.143. The van der Waals surface area contributed by atoms with Crippen molar-refractivity contribution in [2.75, 3.05) is 13.2 Å². The zero-order valence-corrected chi connectivity index (χ0v) is 61.1. The van der Waals surface area contributed by atoms with Crippen LogP contribution in [0.4, 0.5) is 0 Å². The second kappa shape index (κ2) is 79.5. The van der Waals surface area contributed by atoms with Gasteiger partial charge in [0.25, 0.3) is 0 Å². The lowest BCUT2D eigenvalue weighted by Gasteiger charge is -2.20. The molecule has 90 heavy (non-hydrogen) atoms. The molecule has 0 radical (unpaired) electrons. The fourth-order valence-corrected chi connectivity index (χ4v) is 13.1. The van der Waals surface area contributed by atoms with Crippen LogP contribution in [0.1, 0.15) is 463 Å². The van der Waals surface area contributed by atoms with E-state index in [1.54, 1.807) is 6.08 Å². The number of carbonyl (C=O) groups excluding carboxylic acids is 2. The monoisotopic (exact) mass is 1260 g/mol. The van der Waals surface area contributed by atoms with Gasteiger partial charge in [0.05, 0.1) is 25.4 Å². The maximum Gasteiger partial charge on any atom is 0.305 e. The van der Waals surface area contributed by atoms with E-state index in [2.05, 4.69) is 43.5 Å². The Hall–Kier alpha value is -1.92. The minimum absolute atomic E-state index is 0.0117. The van der Waals surface area contributed by atoms with Gasteiger partial charge in [-0.3, -0.25) is 9.59 Å². The molecule has 1 amide bonds. The third-order valence-corrected chi connectivity index (χ3v) is 19.4. The minimum Gasteiger partial charge on any atom is -0.466 e. The SMILES string of the molecule is CCCC/C=C\CCCCCCCC(=O)OCCCCCCCCCCCCCCCCCCCC/C=C\CCCCCCCCCCCCCCCCCCCC(=O)NC(CO)C(O)/C=C/CCCCCCCCCCCCCCCCCCCCCCC. The van der Waals surface area contributed by atoms with E-state index in [9.17, 15) is 19.8 Å². The van der Waals surface area contributed by atoms with Crippen molar-refractivity contribution in [1.82, 2.24) is 5.32 Å². The smallest absolute Gasteiger partial charge is 0.305 e. The molecule has 0 rings (SSSR count). The van der Waals surface area contributed by atoms with Crippen LogP contribution in [-0.2, 0) is 14.3 Å². The average Bonchev–Trinajstić information content (AvgIpc) is 3.70. The molecule has 2 atom stereocenters. The summed E-state index contributed by atoms with van der Waals surface area (Å²) in [5.74, 6) is -0.0468. The molecule has 0 aliphatic heterocycles. The summed E-state index contributed by atoms with van der Waals surface area (Å²) >= 11 is 0. The molecule has 0 aromatic carbocycles. The number of rotatable bonds is 78. The highest BCUT2D eigenvalue weighted by Gasteiger charge is 2.18. The molecular formula is C84H161NO5. The third-order valence-electron chi connectivity index (χ3n) is 19.4. The Morgan fingerprint density at radius 2 is 0.533 bits per heavy atom. The van der Waals surface area contributed by atoms with Crippen LogP contribution in [0.5, 0.6) is 0 Å². The Kier molecular flexibility index (Phi) is 77.8. The van der Waals surface area contributed by atoms with Crippen molar-refractivity contribution < 1.29 is 24.5 Å². The van der Waals surface area contributed by atoms with E-state index < -0.39 is 12.1 Å². The van der Waals surface area contributed by atoms with Gasteiger partial charge < -0.3 is 20.3 Å². The number of aliphatic hydroxyl groups is 2. The molecule has 0 bridgehead atoms. The molecule has 0 heterocycles.